The Balaban J connectivity index is 1.85. The quantitative estimate of drug-likeness (QED) is 0.766. The van der Waals surface area contributed by atoms with Crippen LogP contribution in [-0.4, -0.2) is 27.1 Å². The van der Waals surface area contributed by atoms with Gasteiger partial charge >= 0.3 is 11.9 Å². The second-order valence-electron chi connectivity index (χ2n) is 4.80. The van der Waals surface area contributed by atoms with Crippen molar-refractivity contribution in [2.45, 2.75) is 0 Å². The molecule has 3 aromatic rings. The average molecular weight is 309 g/mol. The van der Waals surface area contributed by atoms with E-state index >= 15 is 0 Å². The third kappa shape index (κ3) is 3.11. The molecule has 0 aliphatic heterocycles. The molecule has 3 rings (SSSR count). The third-order valence-corrected chi connectivity index (χ3v) is 3.23. The molecule has 2 N–H and O–H groups in total. The zero-order chi connectivity index (χ0) is 16.4. The number of hydrogen-bond donors (Lipinski definition) is 2. The molecule has 23 heavy (non-hydrogen) atoms. The van der Waals surface area contributed by atoms with Gasteiger partial charge < -0.3 is 14.6 Å². The van der Waals surface area contributed by atoms with Gasteiger partial charge in [0.25, 0.3) is 0 Å². The SMILES string of the molecule is O=C(O)c1ccc(C=Cc2nc3cc(C(=O)O)ccc3o2)cc1. The Hall–Kier alpha value is -3.41. The van der Waals surface area contributed by atoms with E-state index < -0.39 is 11.9 Å². The van der Waals surface area contributed by atoms with Gasteiger partial charge in [0, 0.05) is 6.08 Å². The molecule has 2 aromatic carbocycles. The van der Waals surface area contributed by atoms with Gasteiger partial charge in [0.05, 0.1) is 11.1 Å². The molecule has 0 saturated heterocycles. The van der Waals surface area contributed by atoms with Gasteiger partial charge in [0.1, 0.15) is 5.52 Å². The van der Waals surface area contributed by atoms with E-state index in [1.807, 2.05) is 0 Å². The number of hydrogen-bond acceptors (Lipinski definition) is 4. The number of aromatic carboxylic acids is 2. The second-order valence-corrected chi connectivity index (χ2v) is 4.80. The van der Waals surface area contributed by atoms with Crippen molar-refractivity contribution in [2.24, 2.45) is 0 Å². The van der Waals surface area contributed by atoms with Crippen molar-refractivity contribution in [3.05, 3.63) is 65.0 Å². The Labute approximate surface area is 130 Å². The van der Waals surface area contributed by atoms with Crippen LogP contribution in [0.2, 0.25) is 0 Å². The Morgan fingerprint density at radius 1 is 0.913 bits per heavy atom. The number of nitrogens with zero attached hydrogens (tertiary/aromatic N) is 1. The first-order chi connectivity index (χ1) is 11.0. The molecule has 6 heteroatoms. The monoisotopic (exact) mass is 309 g/mol. The molecule has 0 unspecified atom stereocenters. The summed E-state index contributed by atoms with van der Waals surface area (Å²) in [5.41, 5.74) is 2.11. The van der Waals surface area contributed by atoms with Crippen LogP contribution in [0, 0.1) is 0 Å². The first-order valence-corrected chi connectivity index (χ1v) is 6.68. The van der Waals surface area contributed by atoms with Gasteiger partial charge in [-0.3, -0.25) is 0 Å². The maximum atomic E-state index is 10.9. The van der Waals surface area contributed by atoms with Crippen LogP contribution < -0.4 is 0 Å². The van der Waals surface area contributed by atoms with Gasteiger partial charge in [-0.2, -0.15) is 0 Å². The highest BCUT2D eigenvalue weighted by atomic mass is 16.4. The van der Waals surface area contributed by atoms with Crippen molar-refractivity contribution in [3.63, 3.8) is 0 Å². The molecule has 0 aliphatic carbocycles. The number of carboxylic acids is 2. The lowest BCUT2D eigenvalue weighted by molar-refractivity contribution is 0.0686. The molecular weight excluding hydrogens is 298 g/mol. The molecule has 0 saturated carbocycles. The van der Waals surface area contributed by atoms with E-state index in [2.05, 4.69) is 4.98 Å². The van der Waals surface area contributed by atoms with E-state index in [0.717, 1.165) is 5.56 Å². The van der Waals surface area contributed by atoms with Crippen LogP contribution in [0.15, 0.2) is 46.9 Å². The maximum Gasteiger partial charge on any atom is 0.335 e. The van der Waals surface area contributed by atoms with Gasteiger partial charge in [0.15, 0.2) is 5.58 Å². The van der Waals surface area contributed by atoms with Crippen molar-refractivity contribution >= 4 is 35.2 Å². The van der Waals surface area contributed by atoms with E-state index in [1.54, 1.807) is 30.4 Å². The highest BCUT2D eigenvalue weighted by Gasteiger charge is 2.08. The fourth-order valence-corrected chi connectivity index (χ4v) is 2.05. The molecule has 0 spiro atoms. The van der Waals surface area contributed by atoms with E-state index in [-0.39, 0.29) is 11.1 Å². The summed E-state index contributed by atoms with van der Waals surface area (Å²) in [6.45, 7) is 0. The van der Waals surface area contributed by atoms with E-state index in [4.69, 9.17) is 14.6 Å². The zero-order valence-corrected chi connectivity index (χ0v) is 11.8. The first kappa shape index (κ1) is 14.5. The van der Waals surface area contributed by atoms with Gasteiger partial charge in [-0.15, -0.1) is 0 Å². The smallest absolute Gasteiger partial charge is 0.335 e. The van der Waals surface area contributed by atoms with Crippen LogP contribution >= 0.6 is 0 Å². The lowest BCUT2D eigenvalue weighted by Crippen LogP contribution is -1.94. The number of oxazole rings is 1. The molecule has 0 bridgehead atoms. The Bertz CT molecular complexity index is 922. The van der Waals surface area contributed by atoms with Crippen molar-refractivity contribution in [2.75, 3.05) is 0 Å². The topological polar surface area (TPSA) is 101 Å². The van der Waals surface area contributed by atoms with E-state index in [0.29, 0.717) is 17.0 Å². The summed E-state index contributed by atoms with van der Waals surface area (Å²) in [5.74, 6) is -1.66. The molecule has 0 amide bonds. The second kappa shape index (κ2) is 5.76. The summed E-state index contributed by atoms with van der Waals surface area (Å²) >= 11 is 0. The standard InChI is InChI=1S/C17H11NO5/c19-16(20)11-4-1-10(2-5-11)3-8-15-18-13-9-12(17(21)22)6-7-14(13)23-15/h1-9H,(H,19,20)(H,21,22). The Kier molecular flexibility index (Phi) is 3.64. The molecule has 1 aromatic heterocycles. The summed E-state index contributed by atoms with van der Waals surface area (Å²) in [5, 5.41) is 17.8. The predicted molar refractivity (Wildman–Crippen MR) is 83.3 cm³/mol. The average Bonchev–Trinajstić information content (AvgIpc) is 2.95. The summed E-state index contributed by atoms with van der Waals surface area (Å²) in [6, 6.07) is 10.8. The molecule has 6 nitrogen and oxygen atoms in total. The predicted octanol–water partition coefficient (Wildman–Crippen LogP) is 3.39. The number of benzene rings is 2. The number of aromatic nitrogens is 1. The van der Waals surface area contributed by atoms with Crippen molar-refractivity contribution < 1.29 is 24.2 Å². The Morgan fingerprint density at radius 2 is 1.57 bits per heavy atom. The minimum absolute atomic E-state index is 0.144. The van der Waals surface area contributed by atoms with Crippen molar-refractivity contribution in [1.29, 1.82) is 0 Å². The molecule has 0 radical (unpaired) electrons. The van der Waals surface area contributed by atoms with E-state index in [9.17, 15) is 9.59 Å². The maximum absolute atomic E-state index is 10.9. The van der Waals surface area contributed by atoms with Crippen LogP contribution in [0.1, 0.15) is 32.2 Å². The minimum Gasteiger partial charge on any atom is -0.478 e. The largest absolute Gasteiger partial charge is 0.478 e. The van der Waals surface area contributed by atoms with Crippen LogP contribution in [-0.2, 0) is 0 Å². The van der Waals surface area contributed by atoms with Crippen LogP contribution in [0.5, 0.6) is 0 Å². The number of rotatable bonds is 4. The molecule has 0 fully saturated rings. The minimum atomic E-state index is -1.02. The van der Waals surface area contributed by atoms with Gasteiger partial charge in [0.2, 0.25) is 5.89 Å². The normalized spacial score (nSPS) is 11.1. The molecular formula is C17H11NO5. The fraction of sp³-hybridized carbons (Fsp3) is 0. The van der Waals surface area contributed by atoms with Crippen LogP contribution in [0.4, 0.5) is 0 Å². The molecule has 0 atom stereocenters. The van der Waals surface area contributed by atoms with Crippen LogP contribution in [0.3, 0.4) is 0 Å². The summed E-state index contributed by atoms with van der Waals surface area (Å²) in [7, 11) is 0. The molecule has 0 aliphatic rings. The van der Waals surface area contributed by atoms with E-state index in [1.165, 1.54) is 24.3 Å². The van der Waals surface area contributed by atoms with Gasteiger partial charge in [-0.25, -0.2) is 14.6 Å². The Morgan fingerprint density at radius 3 is 2.22 bits per heavy atom. The molecule has 114 valence electrons. The highest BCUT2D eigenvalue weighted by Crippen LogP contribution is 2.19. The van der Waals surface area contributed by atoms with Gasteiger partial charge in [-0.05, 0) is 42.0 Å². The number of fused-ring (bicyclic) bond motifs is 1. The first-order valence-electron chi connectivity index (χ1n) is 6.68. The zero-order valence-electron chi connectivity index (χ0n) is 11.8. The number of carboxylic acid groups (broad SMARTS) is 2. The van der Waals surface area contributed by atoms with Crippen molar-refractivity contribution in [3.8, 4) is 0 Å². The van der Waals surface area contributed by atoms with Gasteiger partial charge in [-0.1, -0.05) is 12.1 Å². The summed E-state index contributed by atoms with van der Waals surface area (Å²) in [6.07, 6.45) is 3.37. The third-order valence-electron chi connectivity index (χ3n) is 3.23. The van der Waals surface area contributed by atoms with Crippen LogP contribution in [0.25, 0.3) is 23.3 Å². The fourth-order valence-electron chi connectivity index (χ4n) is 2.05. The lowest BCUT2D eigenvalue weighted by atomic mass is 10.1. The summed E-state index contributed by atoms with van der Waals surface area (Å²) in [4.78, 5) is 25.9. The highest BCUT2D eigenvalue weighted by molar-refractivity contribution is 5.92. The van der Waals surface area contributed by atoms with Crippen molar-refractivity contribution in [1.82, 2.24) is 4.98 Å². The summed E-state index contributed by atoms with van der Waals surface area (Å²) < 4.78 is 5.50. The molecule has 1 heterocycles. The number of carbonyl (C=O) groups is 2. The lowest BCUT2D eigenvalue weighted by Gasteiger charge is -1.95.